The predicted molar refractivity (Wildman–Crippen MR) is 102 cm³/mol. The maximum Gasteiger partial charge on any atom is 0.326 e. The van der Waals surface area contributed by atoms with Crippen LogP contribution in [0.5, 0.6) is 0 Å². The van der Waals surface area contributed by atoms with Gasteiger partial charge in [0.05, 0.1) is 6.04 Å². The van der Waals surface area contributed by atoms with Crippen LogP contribution in [0.3, 0.4) is 0 Å². The Kier molecular flexibility index (Phi) is 11.6. The van der Waals surface area contributed by atoms with Crippen molar-refractivity contribution in [2.45, 2.75) is 43.8 Å². The highest BCUT2D eigenvalue weighted by Crippen LogP contribution is 2.03. The molecular weight excluding hydrogens is 378 g/mol. The minimum absolute atomic E-state index is 0.0601. The Morgan fingerprint density at radius 2 is 1.59 bits per heavy atom. The number of carboxylic acid groups (broad SMARTS) is 1. The Labute approximate surface area is 161 Å². The number of aliphatic imine (C=N–C) groups is 1. The summed E-state index contributed by atoms with van der Waals surface area (Å²) >= 11 is 3.91. The molecule has 0 aliphatic carbocycles. The number of nitrogens with one attached hydrogen (secondary N) is 2. The predicted octanol–water partition coefficient (Wildman–Crippen LogP) is -3.38. The highest BCUT2D eigenvalue weighted by atomic mass is 32.1. The molecule has 0 aromatic rings. The Bertz CT molecular complexity index is 568. The van der Waals surface area contributed by atoms with Crippen LogP contribution in [0.15, 0.2) is 4.99 Å². The van der Waals surface area contributed by atoms with Crippen molar-refractivity contribution in [3.05, 3.63) is 0 Å². The first-order chi connectivity index (χ1) is 12.6. The summed E-state index contributed by atoms with van der Waals surface area (Å²) in [5, 5.41) is 13.9. The first-order valence-corrected chi connectivity index (χ1v) is 8.75. The van der Waals surface area contributed by atoms with Gasteiger partial charge in [0.2, 0.25) is 17.7 Å². The van der Waals surface area contributed by atoms with E-state index >= 15 is 0 Å². The summed E-state index contributed by atoms with van der Waals surface area (Å²) in [7, 11) is 0. The van der Waals surface area contributed by atoms with E-state index in [1.165, 1.54) is 0 Å². The van der Waals surface area contributed by atoms with Crippen LogP contribution >= 0.6 is 12.6 Å². The van der Waals surface area contributed by atoms with Crippen LogP contribution in [0.2, 0.25) is 0 Å². The lowest BCUT2D eigenvalue weighted by Gasteiger charge is -2.22. The van der Waals surface area contributed by atoms with Gasteiger partial charge in [0.25, 0.3) is 0 Å². The number of amides is 3. The standard InChI is InChI=1S/C14H27N7O5S/c15-7(6-27)11(23)20-8(2-1-5-19-14(17)18)12(24)21-9(13(25)26)3-4-10(16)22/h7-9,27H,1-6,15H2,(H2,16,22)(H,20,23)(H,21,24)(H,25,26)(H4,17,18,19). The van der Waals surface area contributed by atoms with Crippen LogP contribution in [-0.4, -0.2) is 65.2 Å². The summed E-state index contributed by atoms with van der Waals surface area (Å²) in [4.78, 5) is 50.2. The lowest BCUT2D eigenvalue weighted by molar-refractivity contribution is -0.142. The molecule has 0 aliphatic heterocycles. The lowest BCUT2D eigenvalue weighted by Crippen LogP contribution is -2.54. The summed E-state index contributed by atoms with van der Waals surface area (Å²) in [6.45, 7) is 0.213. The van der Waals surface area contributed by atoms with Crippen molar-refractivity contribution < 1.29 is 24.3 Å². The average molecular weight is 405 g/mol. The van der Waals surface area contributed by atoms with Gasteiger partial charge in [0, 0.05) is 18.7 Å². The van der Waals surface area contributed by atoms with Gasteiger partial charge in [-0.2, -0.15) is 12.6 Å². The molecule has 13 heteroatoms. The normalized spacial score (nSPS) is 13.7. The topological polar surface area (TPSA) is 229 Å². The Balaban J connectivity index is 5.04. The second-order valence-corrected chi connectivity index (χ2v) is 6.07. The van der Waals surface area contributed by atoms with Gasteiger partial charge in [-0.3, -0.25) is 19.4 Å². The number of nitrogens with two attached hydrogens (primary N) is 4. The minimum Gasteiger partial charge on any atom is -0.480 e. The van der Waals surface area contributed by atoms with Crippen molar-refractivity contribution in [3.8, 4) is 0 Å². The van der Waals surface area contributed by atoms with Crippen LogP contribution in [0.1, 0.15) is 25.7 Å². The minimum atomic E-state index is -1.33. The number of hydrogen-bond acceptors (Lipinski definition) is 7. The highest BCUT2D eigenvalue weighted by molar-refractivity contribution is 7.80. The van der Waals surface area contributed by atoms with Crippen molar-refractivity contribution in [2.75, 3.05) is 12.3 Å². The molecule has 154 valence electrons. The zero-order valence-electron chi connectivity index (χ0n) is 14.8. The number of thiol groups is 1. The third-order valence-electron chi connectivity index (χ3n) is 3.41. The quantitative estimate of drug-likeness (QED) is 0.0665. The molecule has 11 N–H and O–H groups in total. The van der Waals surface area contributed by atoms with Crippen molar-refractivity contribution in [1.29, 1.82) is 0 Å². The molecule has 0 heterocycles. The van der Waals surface area contributed by atoms with Crippen molar-refractivity contribution >= 4 is 42.3 Å². The van der Waals surface area contributed by atoms with Gasteiger partial charge < -0.3 is 38.7 Å². The first kappa shape index (κ1) is 24.5. The zero-order valence-corrected chi connectivity index (χ0v) is 15.7. The van der Waals surface area contributed by atoms with Crippen molar-refractivity contribution in [1.82, 2.24) is 10.6 Å². The Hall–Kier alpha value is -2.54. The SMILES string of the molecule is NC(=O)CCC(NC(=O)C(CCCN=C(N)N)NC(=O)C(N)CS)C(=O)O. The number of rotatable bonds is 13. The molecule has 27 heavy (non-hydrogen) atoms. The summed E-state index contributed by atoms with van der Waals surface area (Å²) < 4.78 is 0. The van der Waals surface area contributed by atoms with Gasteiger partial charge in [-0.1, -0.05) is 0 Å². The molecule has 0 aliphatic rings. The maximum absolute atomic E-state index is 12.4. The van der Waals surface area contributed by atoms with Crippen LogP contribution in [0, 0.1) is 0 Å². The number of hydrogen-bond donors (Lipinski definition) is 8. The molecule has 0 fully saturated rings. The summed E-state index contributed by atoms with van der Waals surface area (Å²) in [5.41, 5.74) is 21.0. The van der Waals surface area contributed by atoms with Gasteiger partial charge in [-0.15, -0.1) is 0 Å². The van der Waals surface area contributed by atoms with Gasteiger partial charge in [-0.05, 0) is 19.3 Å². The third kappa shape index (κ3) is 10.9. The molecule has 0 saturated carbocycles. The highest BCUT2D eigenvalue weighted by Gasteiger charge is 2.27. The molecule has 12 nitrogen and oxygen atoms in total. The van der Waals surface area contributed by atoms with E-state index in [1.54, 1.807) is 0 Å². The number of carbonyl (C=O) groups excluding carboxylic acids is 3. The van der Waals surface area contributed by atoms with Crippen LogP contribution < -0.4 is 33.6 Å². The average Bonchev–Trinajstić information content (AvgIpc) is 2.59. The molecule has 0 rings (SSSR count). The Morgan fingerprint density at radius 1 is 1.00 bits per heavy atom. The monoisotopic (exact) mass is 405 g/mol. The van der Waals surface area contributed by atoms with E-state index in [0.717, 1.165) is 0 Å². The first-order valence-electron chi connectivity index (χ1n) is 8.12. The van der Waals surface area contributed by atoms with Crippen molar-refractivity contribution in [2.24, 2.45) is 27.9 Å². The molecule has 0 aromatic heterocycles. The fraction of sp³-hybridized carbons (Fsp3) is 0.643. The molecule has 3 amide bonds. The van der Waals surface area contributed by atoms with E-state index in [2.05, 4.69) is 28.3 Å². The van der Waals surface area contributed by atoms with E-state index in [0.29, 0.717) is 6.42 Å². The zero-order chi connectivity index (χ0) is 21.0. The number of primary amides is 1. The fourth-order valence-corrected chi connectivity index (χ4v) is 2.12. The van der Waals surface area contributed by atoms with Gasteiger partial charge in [0.15, 0.2) is 5.96 Å². The third-order valence-corrected chi connectivity index (χ3v) is 3.80. The second kappa shape index (κ2) is 12.8. The van der Waals surface area contributed by atoms with E-state index in [9.17, 15) is 24.3 Å². The molecule has 0 saturated heterocycles. The smallest absolute Gasteiger partial charge is 0.326 e. The second-order valence-electron chi connectivity index (χ2n) is 5.70. The van der Waals surface area contributed by atoms with Crippen LogP contribution in [0.4, 0.5) is 0 Å². The number of carbonyl (C=O) groups is 4. The molecule has 3 atom stereocenters. The van der Waals surface area contributed by atoms with Crippen LogP contribution in [0.25, 0.3) is 0 Å². The van der Waals surface area contributed by atoms with Gasteiger partial charge in [-0.25, -0.2) is 4.79 Å². The molecular formula is C14H27N7O5S. The summed E-state index contributed by atoms with van der Waals surface area (Å²) in [6.07, 6.45) is 0.0751. The fourth-order valence-electron chi connectivity index (χ4n) is 1.95. The molecule has 0 spiro atoms. The summed E-state index contributed by atoms with van der Waals surface area (Å²) in [6, 6.07) is -3.33. The summed E-state index contributed by atoms with van der Waals surface area (Å²) in [5.74, 6) is -3.44. The molecule has 3 unspecified atom stereocenters. The lowest BCUT2D eigenvalue weighted by atomic mass is 10.1. The van der Waals surface area contributed by atoms with Gasteiger partial charge >= 0.3 is 5.97 Å². The van der Waals surface area contributed by atoms with E-state index in [4.69, 9.17) is 22.9 Å². The number of nitrogens with zero attached hydrogens (tertiary/aromatic N) is 1. The van der Waals surface area contributed by atoms with Crippen LogP contribution in [-0.2, 0) is 19.2 Å². The van der Waals surface area contributed by atoms with Crippen molar-refractivity contribution in [3.63, 3.8) is 0 Å². The number of carboxylic acids is 1. The number of guanidine groups is 1. The maximum atomic E-state index is 12.4. The molecule has 0 bridgehead atoms. The molecule has 0 aromatic carbocycles. The van der Waals surface area contributed by atoms with Gasteiger partial charge in [0.1, 0.15) is 12.1 Å². The van der Waals surface area contributed by atoms with E-state index in [-0.39, 0.29) is 37.5 Å². The molecule has 0 radical (unpaired) electrons. The number of aliphatic carboxylic acids is 1. The van der Waals surface area contributed by atoms with E-state index in [1.807, 2.05) is 0 Å². The Morgan fingerprint density at radius 3 is 2.07 bits per heavy atom. The van der Waals surface area contributed by atoms with E-state index < -0.39 is 41.8 Å². The largest absolute Gasteiger partial charge is 0.480 e.